The number of ether oxygens (including phenoxy) is 1. The van der Waals surface area contributed by atoms with Gasteiger partial charge < -0.3 is 9.84 Å². The maximum absolute atomic E-state index is 15.0. The van der Waals surface area contributed by atoms with Crippen molar-refractivity contribution in [3.63, 3.8) is 0 Å². The molecule has 0 spiro atoms. The number of aromatic hydroxyl groups is 1. The van der Waals surface area contributed by atoms with Crippen LogP contribution in [-0.2, 0) is 0 Å². The van der Waals surface area contributed by atoms with E-state index in [2.05, 4.69) is 0 Å². The summed E-state index contributed by atoms with van der Waals surface area (Å²) in [6, 6.07) is 8.03. The Kier molecular flexibility index (Phi) is 3.64. The third kappa shape index (κ3) is 2.18. The van der Waals surface area contributed by atoms with Crippen molar-refractivity contribution in [3.8, 4) is 44.9 Å². The summed E-state index contributed by atoms with van der Waals surface area (Å²) >= 11 is 0. The van der Waals surface area contributed by atoms with Gasteiger partial charge >= 0.3 is 0 Å². The number of hydrogen-bond donors (Lipinski definition) is 1. The Balaban J connectivity index is 1.84. The highest BCUT2D eigenvalue weighted by Crippen LogP contribution is 2.53. The molecule has 0 bridgehead atoms. The fourth-order valence-electron chi connectivity index (χ4n) is 3.22. The van der Waals surface area contributed by atoms with Crippen LogP contribution in [0.25, 0.3) is 33.4 Å². The highest BCUT2D eigenvalue weighted by molar-refractivity contribution is 6.04. The van der Waals surface area contributed by atoms with E-state index >= 15 is 0 Å². The van der Waals surface area contributed by atoms with E-state index in [9.17, 15) is 22.7 Å². The van der Waals surface area contributed by atoms with E-state index < -0.39 is 29.0 Å². The average molecular weight is 360 g/mol. The summed E-state index contributed by atoms with van der Waals surface area (Å²) in [7, 11) is 0. The van der Waals surface area contributed by atoms with Crippen molar-refractivity contribution in [2.24, 2.45) is 0 Å². The van der Waals surface area contributed by atoms with Gasteiger partial charge in [-0.25, -0.2) is 13.2 Å². The van der Waals surface area contributed by atoms with Crippen LogP contribution in [-0.4, -0.2) is 11.7 Å². The topological polar surface area (TPSA) is 29.5 Å². The molecule has 1 aliphatic rings. The van der Waals surface area contributed by atoms with E-state index in [1.807, 2.05) is 0 Å². The largest absolute Gasteiger partial charge is 0.505 e. The summed E-state index contributed by atoms with van der Waals surface area (Å²) in [5.41, 5.74) is 0.606. The molecular formula is C20H12F4O2. The minimum Gasteiger partial charge on any atom is -0.505 e. The van der Waals surface area contributed by atoms with Crippen LogP contribution in [0.4, 0.5) is 17.6 Å². The molecular weight excluding hydrogens is 348 g/mol. The van der Waals surface area contributed by atoms with Gasteiger partial charge in [0.1, 0.15) is 5.82 Å². The lowest BCUT2D eigenvalue weighted by atomic mass is 9.78. The SMILES string of the molecule is CCOc1ccc(-c2ccc3c(c2F)-c2c-3cc(O)c(F)c2F)cc1F. The Bertz CT molecular complexity index is 1060. The first-order valence-corrected chi connectivity index (χ1v) is 7.91. The fraction of sp³-hybridized carbons (Fsp3) is 0.100. The van der Waals surface area contributed by atoms with Crippen LogP contribution in [0.15, 0.2) is 36.4 Å². The minimum absolute atomic E-state index is 0.0505. The molecule has 26 heavy (non-hydrogen) atoms. The molecule has 0 aliphatic heterocycles. The van der Waals surface area contributed by atoms with Crippen molar-refractivity contribution in [1.82, 2.24) is 0 Å². The van der Waals surface area contributed by atoms with Gasteiger partial charge in [-0.1, -0.05) is 18.2 Å². The second-order valence-corrected chi connectivity index (χ2v) is 5.87. The van der Waals surface area contributed by atoms with E-state index in [4.69, 9.17) is 4.74 Å². The maximum Gasteiger partial charge on any atom is 0.201 e. The second-order valence-electron chi connectivity index (χ2n) is 5.87. The normalized spacial score (nSPS) is 11.6. The zero-order chi connectivity index (χ0) is 18.6. The molecule has 0 atom stereocenters. The Labute approximate surface area is 146 Å². The Morgan fingerprint density at radius 2 is 1.50 bits per heavy atom. The van der Waals surface area contributed by atoms with Crippen LogP contribution < -0.4 is 4.74 Å². The lowest BCUT2D eigenvalue weighted by molar-refractivity contribution is 0.321. The molecule has 0 aromatic heterocycles. The smallest absolute Gasteiger partial charge is 0.201 e. The summed E-state index contributed by atoms with van der Waals surface area (Å²) in [5.74, 6) is -4.93. The van der Waals surface area contributed by atoms with Crippen molar-refractivity contribution in [1.29, 1.82) is 0 Å². The maximum atomic E-state index is 15.0. The molecule has 1 aliphatic carbocycles. The number of benzene rings is 3. The van der Waals surface area contributed by atoms with Gasteiger partial charge in [-0.05, 0) is 41.8 Å². The summed E-state index contributed by atoms with van der Waals surface area (Å²) in [5, 5.41) is 9.40. The van der Waals surface area contributed by atoms with Crippen LogP contribution in [0.1, 0.15) is 6.92 Å². The predicted molar refractivity (Wildman–Crippen MR) is 89.0 cm³/mol. The quantitative estimate of drug-likeness (QED) is 0.478. The van der Waals surface area contributed by atoms with Crippen molar-refractivity contribution in [2.45, 2.75) is 6.92 Å². The molecule has 0 saturated carbocycles. The van der Waals surface area contributed by atoms with Crippen LogP contribution >= 0.6 is 0 Å². The Hall–Kier alpha value is -3.02. The molecule has 2 nitrogen and oxygen atoms in total. The van der Waals surface area contributed by atoms with Crippen LogP contribution in [0.5, 0.6) is 11.5 Å². The number of fused-ring (bicyclic) bond motifs is 4. The molecule has 3 aromatic carbocycles. The standard InChI is InChI=1S/C20H12F4O2/c1-2-26-15-6-3-9(7-13(15)21)10-4-5-11-12-8-14(25)19(23)20(24)17(12)16(11)18(10)22/h3-8,25H,2H2,1H3. The molecule has 132 valence electrons. The number of phenolic OH excluding ortho intramolecular Hbond substituents is 1. The zero-order valence-electron chi connectivity index (χ0n) is 13.5. The molecule has 0 radical (unpaired) electrons. The van der Waals surface area contributed by atoms with Gasteiger partial charge in [0.25, 0.3) is 0 Å². The number of rotatable bonds is 3. The van der Waals surface area contributed by atoms with E-state index in [0.717, 1.165) is 12.1 Å². The zero-order valence-corrected chi connectivity index (χ0v) is 13.5. The van der Waals surface area contributed by atoms with Gasteiger partial charge in [0.05, 0.1) is 6.61 Å². The van der Waals surface area contributed by atoms with E-state index in [0.29, 0.717) is 5.56 Å². The van der Waals surface area contributed by atoms with E-state index in [1.54, 1.807) is 6.92 Å². The summed E-state index contributed by atoms with van der Waals surface area (Å²) < 4.78 is 61.9. The van der Waals surface area contributed by atoms with E-state index in [1.165, 1.54) is 24.3 Å². The van der Waals surface area contributed by atoms with Gasteiger partial charge in [0, 0.05) is 16.7 Å². The van der Waals surface area contributed by atoms with Gasteiger partial charge in [-0.3, -0.25) is 0 Å². The van der Waals surface area contributed by atoms with Crippen LogP contribution in [0, 0.1) is 23.3 Å². The fourth-order valence-corrected chi connectivity index (χ4v) is 3.22. The number of phenols is 1. The molecule has 0 unspecified atom stereocenters. The lowest BCUT2D eigenvalue weighted by Crippen LogP contribution is -2.07. The lowest BCUT2D eigenvalue weighted by Gasteiger charge is -2.26. The molecule has 4 rings (SSSR count). The molecule has 0 fully saturated rings. The first-order chi connectivity index (χ1) is 12.4. The first kappa shape index (κ1) is 16.4. The van der Waals surface area contributed by atoms with Crippen molar-refractivity contribution < 1.29 is 27.4 Å². The van der Waals surface area contributed by atoms with Gasteiger partial charge in [0.15, 0.2) is 23.1 Å². The molecule has 0 heterocycles. The molecule has 0 amide bonds. The van der Waals surface area contributed by atoms with E-state index in [-0.39, 0.29) is 40.2 Å². The monoisotopic (exact) mass is 360 g/mol. The predicted octanol–water partition coefficient (Wildman–Crippen LogP) is 5.66. The van der Waals surface area contributed by atoms with Crippen LogP contribution in [0.2, 0.25) is 0 Å². The van der Waals surface area contributed by atoms with Gasteiger partial charge in [-0.2, -0.15) is 4.39 Å². The van der Waals surface area contributed by atoms with Crippen molar-refractivity contribution >= 4 is 0 Å². The van der Waals surface area contributed by atoms with Crippen molar-refractivity contribution in [2.75, 3.05) is 6.61 Å². The second kappa shape index (κ2) is 5.76. The Morgan fingerprint density at radius 1 is 0.808 bits per heavy atom. The number of halogens is 4. The molecule has 1 N–H and O–H groups in total. The highest BCUT2D eigenvalue weighted by Gasteiger charge is 2.34. The third-order valence-electron chi connectivity index (χ3n) is 4.41. The molecule has 6 heteroatoms. The van der Waals surface area contributed by atoms with Crippen molar-refractivity contribution in [3.05, 3.63) is 59.7 Å². The molecule has 3 aromatic rings. The number of hydrogen-bond acceptors (Lipinski definition) is 2. The van der Waals surface area contributed by atoms with Gasteiger partial charge in [-0.15, -0.1) is 0 Å². The highest BCUT2D eigenvalue weighted by atomic mass is 19.2. The van der Waals surface area contributed by atoms with Gasteiger partial charge in [0.2, 0.25) is 5.82 Å². The first-order valence-electron chi connectivity index (χ1n) is 7.91. The third-order valence-corrected chi connectivity index (χ3v) is 4.41. The minimum atomic E-state index is -1.42. The summed E-state index contributed by atoms with van der Waals surface area (Å²) in [6.45, 7) is 2.00. The summed E-state index contributed by atoms with van der Waals surface area (Å²) in [6.07, 6.45) is 0. The Morgan fingerprint density at radius 3 is 2.19 bits per heavy atom. The summed E-state index contributed by atoms with van der Waals surface area (Å²) in [4.78, 5) is 0. The molecule has 0 saturated heterocycles. The average Bonchev–Trinajstić information content (AvgIpc) is 2.60. The van der Waals surface area contributed by atoms with Crippen LogP contribution in [0.3, 0.4) is 0 Å².